The van der Waals surface area contributed by atoms with Gasteiger partial charge in [-0.15, -0.1) is 0 Å². The predicted molar refractivity (Wildman–Crippen MR) is 82.8 cm³/mol. The summed E-state index contributed by atoms with van der Waals surface area (Å²) in [5.74, 6) is 1.88. The van der Waals surface area contributed by atoms with Crippen LogP contribution in [0.15, 0.2) is 23.7 Å². The number of guanidine groups is 1. The highest BCUT2D eigenvalue weighted by Crippen LogP contribution is 2.28. The summed E-state index contributed by atoms with van der Waals surface area (Å²) in [5, 5.41) is 6.71. The Morgan fingerprint density at radius 1 is 1.30 bits per heavy atom. The molecule has 0 atom stereocenters. The van der Waals surface area contributed by atoms with Gasteiger partial charge in [0.2, 0.25) is 0 Å². The van der Waals surface area contributed by atoms with Crippen molar-refractivity contribution >= 4 is 5.96 Å². The highest BCUT2D eigenvalue weighted by molar-refractivity contribution is 5.79. The molecule has 1 aromatic heterocycles. The summed E-state index contributed by atoms with van der Waals surface area (Å²) in [5.41, 5.74) is 0. The Hall–Kier alpha value is -1.52. The fourth-order valence-corrected chi connectivity index (χ4v) is 2.84. The van der Waals surface area contributed by atoms with Crippen LogP contribution in [0.1, 0.15) is 38.5 Å². The first-order valence-electron chi connectivity index (χ1n) is 7.79. The molecule has 1 heterocycles. The molecule has 1 aliphatic rings. The van der Waals surface area contributed by atoms with Gasteiger partial charge in [0.05, 0.1) is 6.33 Å². The van der Waals surface area contributed by atoms with E-state index in [1.165, 1.54) is 38.5 Å². The topological polar surface area (TPSA) is 54.2 Å². The van der Waals surface area contributed by atoms with Crippen LogP contribution in [-0.4, -0.2) is 35.6 Å². The summed E-state index contributed by atoms with van der Waals surface area (Å²) in [6.45, 7) is 2.78. The van der Waals surface area contributed by atoms with E-state index in [4.69, 9.17) is 0 Å². The first-order chi connectivity index (χ1) is 9.88. The Kier molecular flexibility index (Phi) is 6.41. The molecule has 0 saturated heterocycles. The zero-order valence-electron chi connectivity index (χ0n) is 12.5. The van der Waals surface area contributed by atoms with E-state index < -0.39 is 0 Å². The molecule has 0 aromatic carbocycles. The summed E-state index contributed by atoms with van der Waals surface area (Å²) in [6.07, 6.45) is 14.0. The molecule has 2 N–H and O–H groups in total. The van der Waals surface area contributed by atoms with Crippen LogP contribution in [0, 0.1) is 5.92 Å². The van der Waals surface area contributed by atoms with E-state index in [0.717, 1.165) is 31.5 Å². The molecular weight excluding hydrogens is 250 g/mol. The molecule has 1 aliphatic carbocycles. The first-order valence-corrected chi connectivity index (χ1v) is 7.79. The third kappa shape index (κ3) is 5.23. The van der Waals surface area contributed by atoms with Crippen molar-refractivity contribution in [3.05, 3.63) is 18.7 Å². The minimum Gasteiger partial charge on any atom is -0.356 e. The van der Waals surface area contributed by atoms with Crippen LogP contribution >= 0.6 is 0 Å². The molecule has 1 aromatic rings. The van der Waals surface area contributed by atoms with Gasteiger partial charge in [-0.25, -0.2) is 4.98 Å². The molecule has 20 heavy (non-hydrogen) atoms. The lowest BCUT2D eigenvalue weighted by Gasteiger charge is -2.13. The number of rotatable bonds is 7. The van der Waals surface area contributed by atoms with Gasteiger partial charge < -0.3 is 15.2 Å². The molecule has 5 nitrogen and oxygen atoms in total. The van der Waals surface area contributed by atoms with Crippen molar-refractivity contribution in [1.29, 1.82) is 0 Å². The highest BCUT2D eigenvalue weighted by Gasteiger charge is 2.13. The second-order valence-electron chi connectivity index (χ2n) is 5.52. The number of aromatic nitrogens is 2. The van der Waals surface area contributed by atoms with Crippen molar-refractivity contribution in [3.8, 4) is 0 Å². The molecule has 0 unspecified atom stereocenters. The van der Waals surface area contributed by atoms with Crippen LogP contribution in [0.2, 0.25) is 0 Å². The Morgan fingerprint density at radius 2 is 2.10 bits per heavy atom. The van der Waals surface area contributed by atoms with Crippen LogP contribution in [-0.2, 0) is 6.54 Å². The standard InChI is InChI=1S/C15H27N5/c1-16-15(19-10-12-20-11-9-17-13-20)18-8-4-7-14-5-2-3-6-14/h9,11,13-14H,2-8,10,12H2,1H3,(H2,16,18,19). The minimum atomic E-state index is 0.860. The van der Waals surface area contributed by atoms with Crippen molar-refractivity contribution in [1.82, 2.24) is 20.2 Å². The fourth-order valence-electron chi connectivity index (χ4n) is 2.84. The average Bonchev–Trinajstić information content (AvgIpc) is 3.14. The van der Waals surface area contributed by atoms with Gasteiger partial charge in [0.25, 0.3) is 0 Å². The summed E-state index contributed by atoms with van der Waals surface area (Å²) < 4.78 is 2.06. The smallest absolute Gasteiger partial charge is 0.191 e. The van der Waals surface area contributed by atoms with Gasteiger partial charge in [-0.1, -0.05) is 25.7 Å². The minimum absolute atomic E-state index is 0.860. The van der Waals surface area contributed by atoms with Crippen LogP contribution < -0.4 is 10.6 Å². The van der Waals surface area contributed by atoms with Gasteiger partial charge in [0.1, 0.15) is 0 Å². The van der Waals surface area contributed by atoms with Crippen LogP contribution in [0.3, 0.4) is 0 Å². The third-order valence-electron chi connectivity index (χ3n) is 4.00. The summed E-state index contributed by atoms with van der Waals surface area (Å²) in [6, 6.07) is 0. The van der Waals surface area contributed by atoms with E-state index in [2.05, 4.69) is 25.2 Å². The van der Waals surface area contributed by atoms with E-state index in [-0.39, 0.29) is 0 Å². The highest BCUT2D eigenvalue weighted by atomic mass is 15.2. The van der Waals surface area contributed by atoms with E-state index >= 15 is 0 Å². The van der Waals surface area contributed by atoms with Gasteiger partial charge in [0.15, 0.2) is 5.96 Å². The maximum Gasteiger partial charge on any atom is 0.191 e. The van der Waals surface area contributed by atoms with E-state index in [0.29, 0.717) is 0 Å². The lowest BCUT2D eigenvalue weighted by atomic mass is 10.0. The molecule has 5 heteroatoms. The lowest BCUT2D eigenvalue weighted by Crippen LogP contribution is -2.39. The number of nitrogens with zero attached hydrogens (tertiary/aromatic N) is 3. The largest absolute Gasteiger partial charge is 0.356 e. The van der Waals surface area contributed by atoms with Gasteiger partial charge >= 0.3 is 0 Å². The molecule has 0 bridgehead atoms. The second-order valence-corrected chi connectivity index (χ2v) is 5.52. The van der Waals surface area contributed by atoms with E-state index in [1.54, 1.807) is 6.20 Å². The summed E-state index contributed by atoms with van der Waals surface area (Å²) in [4.78, 5) is 8.27. The Bertz CT molecular complexity index is 379. The van der Waals surface area contributed by atoms with Crippen LogP contribution in [0.25, 0.3) is 0 Å². The predicted octanol–water partition coefficient (Wildman–Crippen LogP) is 2.02. The molecule has 0 amide bonds. The Morgan fingerprint density at radius 3 is 2.80 bits per heavy atom. The monoisotopic (exact) mass is 277 g/mol. The van der Waals surface area contributed by atoms with Crippen molar-refractivity contribution in [2.45, 2.75) is 45.1 Å². The summed E-state index contributed by atoms with van der Waals surface area (Å²) >= 11 is 0. The SMILES string of the molecule is CN=C(NCCCC1CCCC1)NCCn1ccnc1. The van der Waals surface area contributed by atoms with Gasteiger partial charge in [-0.3, -0.25) is 4.99 Å². The molecule has 1 saturated carbocycles. The Labute approximate surface area is 121 Å². The van der Waals surface area contributed by atoms with Gasteiger partial charge in [0, 0.05) is 39.1 Å². The van der Waals surface area contributed by atoms with E-state index in [1.807, 2.05) is 19.6 Å². The molecule has 112 valence electrons. The molecular formula is C15H27N5. The number of hydrogen-bond acceptors (Lipinski definition) is 2. The first kappa shape index (κ1) is 14.9. The zero-order chi connectivity index (χ0) is 14.0. The summed E-state index contributed by atoms with van der Waals surface area (Å²) in [7, 11) is 1.82. The van der Waals surface area contributed by atoms with Gasteiger partial charge in [-0.05, 0) is 18.8 Å². The average molecular weight is 277 g/mol. The van der Waals surface area contributed by atoms with E-state index in [9.17, 15) is 0 Å². The lowest BCUT2D eigenvalue weighted by molar-refractivity contribution is 0.481. The molecule has 2 rings (SSSR count). The second kappa shape index (κ2) is 8.61. The fraction of sp³-hybridized carbons (Fsp3) is 0.733. The number of imidazole rings is 1. The molecule has 0 aliphatic heterocycles. The van der Waals surface area contributed by atoms with Crippen LogP contribution in [0.4, 0.5) is 0 Å². The molecule has 1 fully saturated rings. The maximum atomic E-state index is 4.25. The number of hydrogen-bond donors (Lipinski definition) is 2. The number of nitrogens with one attached hydrogen (secondary N) is 2. The number of aliphatic imine (C=N–C) groups is 1. The normalized spacial score (nSPS) is 16.6. The Balaban J connectivity index is 1.53. The zero-order valence-corrected chi connectivity index (χ0v) is 12.5. The maximum absolute atomic E-state index is 4.25. The van der Waals surface area contributed by atoms with Crippen LogP contribution in [0.5, 0.6) is 0 Å². The van der Waals surface area contributed by atoms with Crippen molar-refractivity contribution in [3.63, 3.8) is 0 Å². The third-order valence-corrected chi connectivity index (χ3v) is 4.00. The van der Waals surface area contributed by atoms with Crippen molar-refractivity contribution in [2.24, 2.45) is 10.9 Å². The quantitative estimate of drug-likeness (QED) is 0.455. The van der Waals surface area contributed by atoms with Gasteiger partial charge in [-0.2, -0.15) is 0 Å². The molecule has 0 radical (unpaired) electrons. The van der Waals surface area contributed by atoms with Crippen molar-refractivity contribution in [2.75, 3.05) is 20.1 Å². The van der Waals surface area contributed by atoms with Crippen molar-refractivity contribution < 1.29 is 0 Å². The molecule has 0 spiro atoms.